The minimum atomic E-state index is -0.681. The molecule has 2 unspecified atom stereocenters. The third-order valence-electron chi connectivity index (χ3n) is 2.24. The Morgan fingerprint density at radius 3 is 2.80 bits per heavy atom. The van der Waals surface area contributed by atoms with Crippen LogP contribution < -0.4 is 5.73 Å². The Morgan fingerprint density at radius 2 is 2.13 bits per heavy atom. The van der Waals surface area contributed by atoms with E-state index in [-0.39, 0.29) is 0 Å². The molecule has 6 nitrogen and oxygen atoms in total. The molecule has 0 amide bonds. The molecule has 0 aliphatic heterocycles. The van der Waals surface area contributed by atoms with Crippen molar-refractivity contribution in [1.29, 1.82) is 0 Å². The van der Waals surface area contributed by atoms with Crippen molar-refractivity contribution in [1.82, 2.24) is 19.8 Å². The van der Waals surface area contributed by atoms with Gasteiger partial charge in [0, 0.05) is 0 Å². The Morgan fingerprint density at radius 1 is 1.40 bits per heavy atom. The zero-order valence-electron chi connectivity index (χ0n) is 8.62. The zero-order valence-corrected chi connectivity index (χ0v) is 8.62. The number of aromatic nitrogens is 4. The van der Waals surface area contributed by atoms with Gasteiger partial charge in [0.1, 0.15) is 0 Å². The van der Waals surface area contributed by atoms with Crippen molar-refractivity contribution in [3.8, 4) is 0 Å². The van der Waals surface area contributed by atoms with Gasteiger partial charge < -0.3 is 10.8 Å². The van der Waals surface area contributed by atoms with Crippen LogP contribution in [0, 0.1) is 6.92 Å². The van der Waals surface area contributed by atoms with Crippen LogP contribution in [0.3, 0.4) is 0 Å². The largest absolute Gasteiger partial charge is 0.391 e. The van der Waals surface area contributed by atoms with Gasteiger partial charge in [-0.3, -0.25) is 0 Å². The number of hydrogen-bond donors (Lipinski definition) is 2. The maximum atomic E-state index is 9.39. The maximum absolute atomic E-state index is 9.39. The van der Waals surface area contributed by atoms with Crippen molar-refractivity contribution < 1.29 is 5.11 Å². The van der Waals surface area contributed by atoms with E-state index >= 15 is 0 Å². The molecule has 2 rings (SSSR count). The first kappa shape index (κ1) is 10.0. The molecule has 0 aliphatic rings. The van der Waals surface area contributed by atoms with Gasteiger partial charge in [0.05, 0.1) is 17.8 Å². The minimum absolute atomic E-state index is 0.476. The summed E-state index contributed by atoms with van der Waals surface area (Å²) in [6, 6.07) is 3.09. The fourth-order valence-electron chi connectivity index (χ4n) is 1.32. The average molecular weight is 207 g/mol. The molecule has 2 aromatic rings. The van der Waals surface area contributed by atoms with E-state index in [2.05, 4.69) is 15.3 Å². The molecule has 3 N–H and O–H groups in total. The highest BCUT2D eigenvalue weighted by atomic mass is 16.3. The highest BCUT2D eigenvalue weighted by molar-refractivity contribution is 5.36. The highest BCUT2D eigenvalue weighted by Gasteiger charge is 2.19. The molecule has 0 aromatic carbocycles. The van der Waals surface area contributed by atoms with Crippen LogP contribution in [0.15, 0.2) is 12.1 Å². The standard InChI is InChI=1S/C9H13N5O/c1-5-3-4-7-11-12-9(14(7)13-5)8(10)6(2)15/h3-4,6,8,15H,10H2,1-2H3. The molecule has 0 saturated heterocycles. The molecule has 80 valence electrons. The quantitative estimate of drug-likeness (QED) is 0.712. The maximum Gasteiger partial charge on any atom is 0.177 e. The van der Waals surface area contributed by atoms with Crippen LogP contribution in [-0.4, -0.2) is 31.0 Å². The lowest BCUT2D eigenvalue weighted by Crippen LogP contribution is -2.26. The normalized spacial score (nSPS) is 15.5. The third kappa shape index (κ3) is 1.69. The molecule has 2 atom stereocenters. The Bertz CT molecular complexity index is 478. The molecule has 2 aromatic heterocycles. The van der Waals surface area contributed by atoms with Crippen LogP contribution in [0.25, 0.3) is 5.65 Å². The van der Waals surface area contributed by atoms with Gasteiger partial charge in [0.2, 0.25) is 0 Å². The number of rotatable bonds is 2. The number of hydrogen-bond acceptors (Lipinski definition) is 5. The van der Waals surface area contributed by atoms with Crippen molar-refractivity contribution in [3.63, 3.8) is 0 Å². The second-order valence-corrected chi connectivity index (χ2v) is 3.57. The molecule has 0 aliphatic carbocycles. The molecule has 0 radical (unpaired) electrons. The predicted octanol–water partition coefficient (Wildman–Crippen LogP) is -0.187. The number of fused-ring (bicyclic) bond motifs is 1. The third-order valence-corrected chi connectivity index (χ3v) is 2.24. The van der Waals surface area contributed by atoms with Crippen molar-refractivity contribution in [3.05, 3.63) is 23.7 Å². The fourth-order valence-corrected chi connectivity index (χ4v) is 1.32. The summed E-state index contributed by atoms with van der Waals surface area (Å²) in [4.78, 5) is 0. The van der Waals surface area contributed by atoms with Crippen LogP contribution in [-0.2, 0) is 0 Å². The SMILES string of the molecule is Cc1ccc2nnc(C(N)C(C)O)n2n1. The minimum Gasteiger partial charge on any atom is -0.391 e. The summed E-state index contributed by atoms with van der Waals surface area (Å²) in [7, 11) is 0. The van der Waals surface area contributed by atoms with Gasteiger partial charge in [-0.1, -0.05) is 0 Å². The van der Waals surface area contributed by atoms with E-state index in [4.69, 9.17) is 5.73 Å². The monoisotopic (exact) mass is 207 g/mol. The van der Waals surface area contributed by atoms with Crippen molar-refractivity contribution in [2.45, 2.75) is 26.0 Å². The molecule has 0 fully saturated rings. The first-order chi connectivity index (χ1) is 7.09. The van der Waals surface area contributed by atoms with E-state index in [1.165, 1.54) is 0 Å². The molecule has 0 bridgehead atoms. The van der Waals surface area contributed by atoms with Gasteiger partial charge >= 0.3 is 0 Å². The molecular formula is C9H13N5O. The van der Waals surface area contributed by atoms with Crippen molar-refractivity contribution >= 4 is 5.65 Å². The summed E-state index contributed by atoms with van der Waals surface area (Å²) in [5, 5.41) is 21.5. The van der Waals surface area contributed by atoms with Crippen LogP contribution >= 0.6 is 0 Å². The summed E-state index contributed by atoms with van der Waals surface area (Å²) < 4.78 is 1.56. The molecular weight excluding hydrogens is 194 g/mol. The van der Waals surface area contributed by atoms with E-state index in [1.807, 2.05) is 19.1 Å². The number of aryl methyl sites for hydroxylation is 1. The van der Waals surface area contributed by atoms with Gasteiger partial charge in [-0.25, -0.2) is 0 Å². The Kier molecular flexibility index (Phi) is 2.37. The van der Waals surface area contributed by atoms with Gasteiger partial charge in [-0.15, -0.1) is 10.2 Å². The van der Waals surface area contributed by atoms with E-state index in [1.54, 1.807) is 11.4 Å². The van der Waals surface area contributed by atoms with Crippen LogP contribution in [0.5, 0.6) is 0 Å². The van der Waals surface area contributed by atoms with Gasteiger partial charge in [-0.05, 0) is 26.0 Å². The smallest absolute Gasteiger partial charge is 0.177 e. The van der Waals surface area contributed by atoms with E-state index < -0.39 is 12.1 Å². The Balaban J connectivity index is 2.56. The topological polar surface area (TPSA) is 89.3 Å². The molecule has 0 spiro atoms. The molecule has 6 heteroatoms. The summed E-state index contributed by atoms with van der Waals surface area (Å²) in [5.74, 6) is 0.476. The number of nitrogens with two attached hydrogens (primary N) is 1. The van der Waals surface area contributed by atoms with Crippen molar-refractivity contribution in [2.24, 2.45) is 5.73 Å². The summed E-state index contributed by atoms with van der Waals surface area (Å²) in [5.41, 5.74) is 7.26. The van der Waals surface area contributed by atoms with Gasteiger partial charge in [-0.2, -0.15) is 9.61 Å². The highest BCUT2D eigenvalue weighted by Crippen LogP contribution is 2.12. The van der Waals surface area contributed by atoms with E-state index in [9.17, 15) is 5.11 Å². The lowest BCUT2D eigenvalue weighted by Gasteiger charge is -2.11. The second-order valence-electron chi connectivity index (χ2n) is 3.57. The predicted molar refractivity (Wildman–Crippen MR) is 54.1 cm³/mol. The van der Waals surface area contributed by atoms with Crippen LogP contribution in [0.4, 0.5) is 0 Å². The van der Waals surface area contributed by atoms with Crippen molar-refractivity contribution in [2.75, 3.05) is 0 Å². The summed E-state index contributed by atoms with van der Waals surface area (Å²) >= 11 is 0. The molecule has 2 heterocycles. The zero-order chi connectivity index (χ0) is 11.0. The second kappa shape index (κ2) is 3.56. The lowest BCUT2D eigenvalue weighted by molar-refractivity contribution is 0.159. The Hall–Kier alpha value is -1.53. The van der Waals surface area contributed by atoms with Crippen LogP contribution in [0.2, 0.25) is 0 Å². The number of aliphatic hydroxyl groups is 1. The Labute approximate surface area is 86.7 Å². The first-order valence-electron chi connectivity index (χ1n) is 4.72. The molecule has 15 heavy (non-hydrogen) atoms. The first-order valence-corrected chi connectivity index (χ1v) is 4.72. The summed E-state index contributed by atoms with van der Waals surface area (Å²) in [6.07, 6.45) is -0.681. The van der Waals surface area contributed by atoms with Gasteiger partial charge in [0.15, 0.2) is 11.5 Å². The number of aliphatic hydroxyl groups excluding tert-OH is 1. The van der Waals surface area contributed by atoms with E-state index in [0.717, 1.165) is 5.69 Å². The lowest BCUT2D eigenvalue weighted by atomic mass is 10.2. The van der Waals surface area contributed by atoms with Gasteiger partial charge in [0.25, 0.3) is 0 Å². The average Bonchev–Trinajstić information content (AvgIpc) is 2.59. The van der Waals surface area contributed by atoms with Crippen LogP contribution in [0.1, 0.15) is 24.5 Å². The van der Waals surface area contributed by atoms with E-state index in [0.29, 0.717) is 11.5 Å². The number of nitrogens with zero attached hydrogens (tertiary/aromatic N) is 4. The summed E-state index contributed by atoms with van der Waals surface area (Å²) in [6.45, 7) is 3.48. The fraction of sp³-hybridized carbons (Fsp3) is 0.444. The molecule has 0 saturated carbocycles.